The van der Waals surface area contributed by atoms with Gasteiger partial charge in [-0.15, -0.1) is 12.4 Å². The molecule has 0 aliphatic heterocycles. The van der Waals surface area contributed by atoms with Crippen LogP contribution in [0.3, 0.4) is 0 Å². The molecule has 0 rings (SSSR count). The summed E-state index contributed by atoms with van der Waals surface area (Å²) in [6.07, 6.45) is 0.857. The summed E-state index contributed by atoms with van der Waals surface area (Å²) in [4.78, 5) is 11.1. The molecule has 0 saturated heterocycles. The fraction of sp³-hybridized carbons (Fsp3) is 0.727. The summed E-state index contributed by atoms with van der Waals surface area (Å²) in [7, 11) is 1.28. The molecule has 0 radical (unpaired) electrons. The SMILES string of the molecule is C=C(C)C(=O)OCCCC(O)[Si](OC)(OC)OC.Cl. The summed E-state index contributed by atoms with van der Waals surface area (Å²) in [6, 6.07) is 0. The van der Waals surface area contributed by atoms with E-state index in [0.717, 1.165) is 0 Å². The van der Waals surface area contributed by atoms with Crippen molar-refractivity contribution in [3.63, 3.8) is 0 Å². The van der Waals surface area contributed by atoms with Crippen LogP contribution in [0.15, 0.2) is 12.2 Å². The average Bonchev–Trinajstić information content (AvgIpc) is 2.37. The third kappa shape index (κ3) is 6.51. The Morgan fingerprint density at radius 3 is 2.11 bits per heavy atom. The molecule has 1 unspecified atom stereocenters. The van der Waals surface area contributed by atoms with Crippen LogP contribution >= 0.6 is 12.4 Å². The Morgan fingerprint density at radius 2 is 1.74 bits per heavy atom. The van der Waals surface area contributed by atoms with Gasteiger partial charge in [-0.3, -0.25) is 0 Å². The maximum absolute atomic E-state index is 11.1. The van der Waals surface area contributed by atoms with Crippen LogP contribution in [0, 0.1) is 0 Å². The lowest BCUT2D eigenvalue weighted by atomic mass is 10.3. The summed E-state index contributed by atoms with van der Waals surface area (Å²) in [6.45, 7) is 5.26. The zero-order chi connectivity index (χ0) is 14.2. The molecule has 0 aromatic heterocycles. The van der Waals surface area contributed by atoms with Crippen LogP contribution in [0.25, 0.3) is 0 Å². The van der Waals surface area contributed by atoms with E-state index in [4.69, 9.17) is 18.0 Å². The van der Waals surface area contributed by atoms with Gasteiger partial charge in [0.15, 0.2) is 0 Å². The van der Waals surface area contributed by atoms with Crippen molar-refractivity contribution in [2.75, 3.05) is 27.9 Å². The second kappa shape index (κ2) is 10.4. The Labute approximate surface area is 121 Å². The molecule has 0 spiro atoms. The minimum atomic E-state index is -3.02. The molecule has 0 aromatic carbocycles. The molecule has 6 nitrogen and oxygen atoms in total. The van der Waals surface area contributed by atoms with E-state index in [2.05, 4.69) is 6.58 Å². The Hall–Kier alpha value is -0.443. The van der Waals surface area contributed by atoms with Gasteiger partial charge in [-0.25, -0.2) is 4.79 Å². The highest BCUT2D eigenvalue weighted by atomic mass is 35.5. The van der Waals surface area contributed by atoms with E-state index >= 15 is 0 Å². The number of aliphatic hydroxyl groups excluding tert-OH is 1. The summed E-state index contributed by atoms with van der Waals surface area (Å²) in [5.74, 6) is -0.432. The van der Waals surface area contributed by atoms with Crippen molar-refractivity contribution in [3.8, 4) is 0 Å². The Morgan fingerprint density at radius 1 is 1.26 bits per heavy atom. The second-order valence-corrected chi connectivity index (χ2v) is 6.89. The molecule has 0 aliphatic carbocycles. The normalized spacial score (nSPS) is 12.5. The van der Waals surface area contributed by atoms with E-state index in [-0.39, 0.29) is 19.0 Å². The molecular formula is C11H23ClO6Si. The second-order valence-electron chi connectivity index (χ2n) is 3.79. The van der Waals surface area contributed by atoms with Gasteiger partial charge in [0.05, 0.1) is 6.61 Å². The predicted octanol–water partition coefficient (Wildman–Crippen LogP) is 1.09. The number of carbonyl (C=O) groups excluding carboxylic acids is 1. The van der Waals surface area contributed by atoms with E-state index in [0.29, 0.717) is 18.4 Å². The fourth-order valence-corrected chi connectivity index (χ4v) is 3.27. The highest BCUT2D eigenvalue weighted by Crippen LogP contribution is 2.16. The van der Waals surface area contributed by atoms with Gasteiger partial charge in [-0.1, -0.05) is 6.58 Å². The summed E-state index contributed by atoms with van der Waals surface area (Å²) >= 11 is 0. The maximum atomic E-state index is 11.1. The van der Waals surface area contributed by atoms with Gasteiger partial charge in [0.25, 0.3) is 0 Å². The Balaban J connectivity index is 0. The highest BCUT2D eigenvalue weighted by Gasteiger charge is 2.46. The number of rotatable bonds is 9. The molecule has 0 aliphatic rings. The van der Waals surface area contributed by atoms with E-state index in [9.17, 15) is 9.90 Å². The summed E-state index contributed by atoms with van der Waals surface area (Å²) in [5.41, 5.74) is -0.494. The highest BCUT2D eigenvalue weighted by molar-refractivity contribution is 6.61. The quantitative estimate of drug-likeness (QED) is 0.297. The topological polar surface area (TPSA) is 74.2 Å². The number of ether oxygens (including phenoxy) is 1. The van der Waals surface area contributed by atoms with Crippen LogP contribution in [-0.2, 0) is 22.8 Å². The van der Waals surface area contributed by atoms with Crippen LogP contribution in [0.5, 0.6) is 0 Å². The molecule has 0 bridgehead atoms. The monoisotopic (exact) mass is 314 g/mol. The first-order valence-corrected chi connectivity index (χ1v) is 7.39. The first-order chi connectivity index (χ1) is 8.43. The molecule has 1 N–H and O–H groups in total. The lowest BCUT2D eigenvalue weighted by Crippen LogP contribution is -2.54. The molecule has 0 saturated carbocycles. The molecule has 0 amide bonds. The van der Waals surface area contributed by atoms with Crippen molar-refractivity contribution in [1.29, 1.82) is 0 Å². The van der Waals surface area contributed by atoms with Gasteiger partial charge in [0.1, 0.15) is 5.73 Å². The lowest BCUT2D eigenvalue weighted by molar-refractivity contribution is -0.139. The van der Waals surface area contributed by atoms with E-state index in [1.165, 1.54) is 21.3 Å². The number of hydrogen-bond acceptors (Lipinski definition) is 6. The zero-order valence-corrected chi connectivity index (χ0v) is 13.6. The number of esters is 1. The van der Waals surface area contributed by atoms with Gasteiger partial charge in [-0.05, 0) is 19.8 Å². The van der Waals surface area contributed by atoms with Crippen LogP contribution in [0.4, 0.5) is 0 Å². The number of halogens is 1. The van der Waals surface area contributed by atoms with E-state index in [1.54, 1.807) is 6.92 Å². The van der Waals surface area contributed by atoms with Crippen molar-refractivity contribution in [2.45, 2.75) is 25.5 Å². The third-order valence-electron chi connectivity index (χ3n) is 2.47. The van der Waals surface area contributed by atoms with Gasteiger partial charge in [-0.2, -0.15) is 0 Å². The minimum absolute atomic E-state index is 0. The number of aliphatic hydroxyl groups is 1. The number of carbonyl (C=O) groups is 1. The van der Waals surface area contributed by atoms with Crippen LogP contribution in [-0.4, -0.2) is 53.5 Å². The third-order valence-corrected chi connectivity index (χ3v) is 5.28. The molecule has 0 heterocycles. The average molecular weight is 315 g/mol. The standard InChI is InChI=1S/C11H22O6Si.ClH/c1-9(2)11(13)17-8-6-7-10(12)18(14-3,15-4)16-5;/h10,12H,1,6-8H2,2-5H3;1H. The first-order valence-electron chi connectivity index (χ1n) is 5.59. The lowest BCUT2D eigenvalue weighted by Gasteiger charge is -2.28. The molecule has 8 heteroatoms. The molecular weight excluding hydrogens is 292 g/mol. The van der Waals surface area contributed by atoms with Crippen molar-refractivity contribution in [3.05, 3.63) is 12.2 Å². The predicted molar refractivity (Wildman–Crippen MR) is 75.0 cm³/mol. The zero-order valence-electron chi connectivity index (χ0n) is 11.8. The fourth-order valence-electron chi connectivity index (χ4n) is 1.40. The van der Waals surface area contributed by atoms with E-state index < -0.39 is 20.5 Å². The maximum Gasteiger partial charge on any atom is 0.530 e. The number of hydrogen-bond donors (Lipinski definition) is 1. The molecule has 0 fully saturated rings. The smallest absolute Gasteiger partial charge is 0.462 e. The van der Waals surface area contributed by atoms with Gasteiger partial charge in [0.2, 0.25) is 0 Å². The molecule has 19 heavy (non-hydrogen) atoms. The van der Waals surface area contributed by atoms with Crippen LogP contribution < -0.4 is 0 Å². The Bertz CT molecular complexity index is 274. The van der Waals surface area contributed by atoms with Crippen LogP contribution in [0.1, 0.15) is 19.8 Å². The molecule has 1 atom stereocenters. The van der Waals surface area contributed by atoms with Crippen molar-refractivity contribution in [1.82, 2.24) is 0 Å². The molecule has 114 valence electrons. The van der Waals surface area contributed by atoms with E-state index in [1.807, 2.05) is 0 Å². The molecule has 0 aromatic rings. The van der Waals surface area contributed by atoms with Gasteiger partial charge < -0.3 is 23.1 Å². The van der Waals surface area contributed by atoms with Crippen molar-refractivity contribution >= 4 is 27.2 Å². The minimum Gasteiger partial charge on any atom is -0.462 e. The first kappa shape index (κ1) is 20.9. The van der Waals surface area contributed by atoms with Gasteiger partial charge >= 0.3 is 14.8 Å². The Kier molecular flexibility index (Phi) is 11.4. The van der Waals surface area contributed by atoms with Crippen molar-refractivity contribution < 1.29 is 27.9 Å². The summed E-state index contributed by atoms with van der Waals surface area (Å²) < 4.78 is 20.3. The summed E-state index contributed by atoms with van der Waals surface area (Å²) in [5, 5.41) is 9.96. The van der Waals surface area contributed by atoms with Gasteiger partial charge in [0, 0.05) is 26.9 Å². The van der Waals surface area contributed by atoms with Crippen molar-refractivity contribution in [2.24, 2.45) is 0 Å². The largest absolute Gasteiger partial charge is 0.530 e. The van der Waals surface area contributed by atoms with Crippen LogP contribution in [0.2, 0.25) is 0 Å².